The molecule has 0 saturated heterocycles. The van der Waals surface area contributed by atoms with Crippen molar-refractivity contribution in [3.05, 3.63) is 88.3 Å². The van der Waals surface area contributed by atoms with E-state index in [4.69, 9.17) is 9.47 Å². The van der Waals surface area contributed by atoms with Crippen molar-refractivity contribution in [2.75, 3.05) is 14.2 Å². The maximum Gasteiger partial charge on any atom is 0.280 e. The Balaban J connectivity index is 1.89. The first kappa shape index (κ1) is 21.1. The van der Waals surface area contributed by atoms with E-state index >= 15 is 0 Å². The summed E-state index contributed by atoms with van der Waals surface area (Å²) in [5.74, 6) is 2.01. The van der Waals surface area contributed by atoms with Crippen LogP contribution in [-0.4, -0.2) is 34.7 Å². The minimum atomic E-state index is -0.199. The van der Waals surface area contributed by atoms with Crippen molar-refractivity contribution in [3.8, 4) is 28.4 Å². The molecule has 2 aromatic carbocycles. The van der Waals surface area contributed by atoms with Crippen molar-refractivity contribution >= 4 is 11.5 Å². The van der Waals surface area contributed by atoms with Gasteiger partial charge in [0.15, 0.2) is 5.82 Å². The lowest BCUT2D eigenvalue weighted by Gasteiger charge is -2.05. The average Bonchev–Trinajstić information content (AvgIpc) is 3.16. The highest BCUT2D eigenvalue weighted by molar-refractivity contribution is 6.04. The maximum atomic E-state index is 13.5. The number of rotatable bonds is 6. The summed E-state index contributed by atoms with van der Waals surface area (Å²) in [5, 5.41) is 3.26. The molecule has 2 heterocycles. The summed E-state index contributed by atoms with van der Waals surface area (Å²) in [6, 6.07) is 20.4. The fourth-order valence-electron chi connectivity index (χ4n) is 3.47. The number of H-pyrrole nitrogens is 1. The van der Waals surface area contributed by atoms with Gasteiger partial charge in [0.1, 0.15) is 11.5 Å². The van der Waals surface area contributed by atoms with Crippen molar-refractivity contribution in [2.45, 2.75) is 13.8 Å². The van der Waals surface area contributed by atoms with Crippen LogP contribution >= 0.6 is 0 Å². The van der Waals surface area contributed by atoms with Crippen LogP contribution in [0.25, 0.3) is 16.9 Å². The van der Waals surface area contributed by atoms with Crippen LogP contribution in [0.2, 0.25) is 0 Å². The van der Waals surface area contributed by atoms with Crippen LogP contribution < -0.4 is 15.0 Å². The highest BCUT2D eigenvalue weighted by Gasteiger charge is 2.19. The number of aromatic nitrogens is 3. The van der Waals surface area contributed by atoms with E-state index < -0.39 is 0 Å². The molecule has 0 saturated carbocycles. The van der Waals surface area contributed by atoms with E-state index in [0.29, 0.717) is 34.2 Å². The molecule has 4 aromatic rings. The fourth-order valence-corrected chi connectivity index (χ4v) is 3.47. The third-order valence-electron chi connectivity index (χ3n) is 5.12. The quantitative estimate of drug-likeness (QED) is 0.452. The zero-order valence-electron chi connectivity index (χ0n) is 18.4. The second kappa shape index (κ2) is 8.93. The predicted octanol–water partition coefficient (Wildman–Crippen LogP) is 4.69. The zero-order valence-corrected chi connectivity index (χ0v) is 18.4. The largest absolute Gasteiger partial charge is 0.497 e. The van der Waals surface area contributed by atoms with E-state index in [0.717, 1.165) is 17.0 Å². The number of hydrogen-bond donors (Lipinski definition) is 1. The van der Waals surface area contributed by atoms with Gasteiger partial charge in [-0.1, -0.05) is 6.07 Å². The summed E-state index contributed by atoms with van der Waals surface area (Å²) in [6.45, 7) is 3.73. The standard InChI is InChI=1S/C25H24N4O3/c1-16-6-5-7-22(26-16)27-17(2)23-24(18-8-12-20(31-3)13-9-18)28-29(25(23)30)19-10-14-21(32-4)15-11-19/h5-15,28H,1-4H3/b27-17-. The molecule has 0 atom stereocenters. The van der Waals surface area contributed by atoms with Gasteiger partial charge in [-0.3, -0.25) is 9.89 Å². The normalized spacial score (nSPS) is 11.4. The van der Waals surface area contributed by atoms with Gasteiger partial charge in [0.05, 0.1) is 36.9 Å². The lowest BCUT2D eigenvalue weighted by Crippen LogP contribution is -2.19. The Kier molecular flexibility index (Phi) is 5.89. The molecule has 1 N–H and O–H groups in total. The Morgan fingerprint density at radius 1 is 0.938 bits per heavy atom. The van der Waals surface area contributed by atoms with Crippen molar-refractivity contribution in [1.29, 1.82) is 0 Å². The molecule has 0 aliphatic carbocycles. The minimum absolute atomic E-state index is 0.199. The number of aliphatic imine (C=N–C) groups is 1. The average molecular weight is 428 g/mol. The van der Waals surface area contributed by atoms with Gasteiger partial charge in [-0.15, -0.1) is 0 Å². The van der Waals surface area contributed by atoms with Crippen molar-refractivity contribution < 1.29 is 9.47 Å². The molecular formula is C25H24N4O3. The third kappa shape index (κ3) is 4.18. The second-order valence-corrected chi connectivity index (χ2v) is 7.26. The molecule has 0 fully saturated rings. The van der Waals surface area contributed by atoms with E-state index in [2.05, 4.69) is 15.1 Å². The number of nitrogens with one attached hydrogen (secondary N) is 1. The smallest absolute Gasteiger partial charge is 0.280 e. The summed E-state index contributed by atoms with van der Waals surface area (Å²) in [7, 11) is 3.23. The van der Waals surface area contributed by atoms with Crippen LogP contribution in [0.1, 0.15) is 18.2 Å². The van der Waals surface area contributed by atoms with E-state index in [1.807, 2.05) is 80.6 Å². The lowest BCUT2D eigenvalue weighted by molar-refractivity contribution is 0.414. The molecular weight excluding hydrogens is 404 g/mol. The number of nitrogens with zero attached hydrogens (tertiary/aromatic N) is 3. The number of hydrogen-bond acceptors (Lipinski definition) is 5. The Bertz CT molecular complexity index is 1320. The molecule has 0 aliphatic rings. The highest BCUT2D eigenvalue weighted by Crippen LogP contribution is 2.25. The monoisotopic (exact) mass is 428 g/mol. The van der Waals surface area contributed by atoms with Gasteiger partial charge in [-0.2, -0.15) is 0 Å². The fraction of sp³-hybridized carbons (Fsp3) is 0.160. The zero-order chi connectivity index (χ0) is 22.7. The topological polar surface area (TPSA) is 81.5 Å². The molecule has 4 rings (SSSR count). The van der Waals surface area contributed by atoms with Crippen LogP contribution in [0.15, 0.2) is 76.5 Å². The number of pyridine rings is 1. The van der Waals surface area contributed by atoms with Gasteiger partial charge in [0.25, 0.3) is 5.56 Å². The first-order valence-electron chi connectivity index (χ1n) is 10.1. The van der Waals surface area contributed by atoms with Gasteiger partial charge in [0.2, 0.25) is 0 Å². The number of methoxy groups -OCH3 is 2. The van der Waals surface area contributed by atoms with Gasteiger partial charge >= 0.3 is 0 Å². The first-order valence-corrected chi connectivity index (χ1v) is 10.1. The van der Waals surface area contributed by atoms with Crippen LogP contribution in [0.3, 0.4) is 0 Å². The van der Waals surface area contributed by atoms with Crippen LogP contribution in [0, 0.1) is 6.92 Å². The molecule has 32 heavy (non-hydrogen) atoms. The van der Waals surface area contributed by atoms with E-state index in [1.54, 1.807) is 14.2 Å². The van der Waals surface area contributed by atoms with E-state index in [1.165, 1.54) is 4.68 Å². The molecule has 0 radical (unpaired) electrons. The van der Waals surface area contributed by atoms with Gasteiger partial charge < -0.3 is 9.47 Å². The lowest BCUT2D eigenvalue weighted by atomic mass is 10.0. The molecule has 7 nitrogen and oxygen atoms in total. The highest BCUT2D eigenvalue weighted by atomic mass is 16.5. The van der Waals surface area contributed by atoms with E-state index in [-0.39, 0.29) is 5.56 Å². The maximum absolute atomic E-state index is 13.5. The van der Waals surface area contributed by atoms with Gasteiger partial charge in [0, 0.05) is 11.3 Å². The molecule has 2 aromatic heterocycles. The number of aryl methyl sites for hydroxylation is 1. The minimum Gasteiger partial charge on any atom is -0.497 e. The van der Waals surface area contributed by atoms with E-state index in [9.17, 15) is 4.79 Å². The van der Waals surface area contributed by atoms with Crippen LogP contribution in [0.5, 0.6) is 11.5 Å². The number of benzene rings is 2. The van der Waals surface area contributed by atoms with Gasteiger partial charge in [-0.05, 0) is 74.5 Å². The summed E-state index contributed by atoms with van der Waals surface area (Å²) >= 11 is 0. The third-order valence-corrected chi connectivity index (χ3v) is 5.12. The molecule has 0 spiro atoms. The number of ether oxygens (including phenoxy) is 2. The molecule has 0 aliphatic heterocycles. The predicted molar refractivity (Wildman–Crippen MR) is 126 cm³/mol. The first-order chi connectivity index (χ1) is 15.5. The Labute approximate surface area is 186 Å². The van der Waals surface area contributed by atoms with Crippen molar-refractivity contribution in [3.63, 3.8) is 0 Å². The summed E-state index contributed by atoms with van der Waals surface area (Å²) < 4.78 is 12.0. The SMILES string of the molecule is COc1ccc(-c2[nH]n(-c3ccc(OC)cc3)c(=O)c2/C(C)=N\c2cccc(C)n2)cc1. The van der Waals surface area contributed by atoms with Crippen molar-refractivity contribution in [1.82, 2.24) is 14.8 Å². The summed E-state index contributed by atoms with van der Waals surface area (Å²) in [5.41, 5.74) is 3.92. The van der Waals surface area contributed by atoms with Gasteiger partial charge in [-0.25, -0.2) is 14.7 Å². The Hall–Kier alpha value is -4.13. The van der Waals surface area contributed by atoms with Crippen LogP contribution in [0.4, 0.5) is 5.82 Å². The van der Waals surface area contributed by atoms with Crippen LogP contribution in [-0.2, 0) is 0 Å². The molecule has 0 unspecified atom stereocenters. The van der Waals surface area contributed by atoms with Crippen molar-refractivity contribution in [2.24, 2.45) is 4.99 Å². The molecule has 7 heteroatoms. The molecule has 0 amide bonds. The molecule has 162 valence electrons. The Morgan fingerprint density at radius 3 is 2.16 bits per heavy atom. The molecule has 0 bridgehead atoms. The Morgan fingerprint density at radius 2 is 1.56 bits per heavy atom. The summed E-state index contributed by atoms with van der Waals surface area (Å²) in [4.78, 5) is 22.6. The second-order valence-electron chi connectivity index (χ2n) is 7.26. The summed E-state index contributed by atoms with van der Waals surface area (Å²) in [6.07, 6.45) is 0. The number of aromatic amines is 1.